The van der Waals surface area contributed by atoms with E-state index in [0.29, 0.717) is 11.5 Å². The Morgan fingerprint density at radius 3 is 2.50 bits per heavy atom. The quantitative estimate of drug-likeness (QED) is 0.545. The van der Waals surface area contributed by atoms with Gasteiger partial charge in [-0.2, -0.15) is 0 Å². The number of hydrogen-bond donors (Lipinski definition) is 0. The Balaban J connectivity index is 1.80. The van der Waals surface area contributed by atoms with E-state index < -0.39 is 0 Å². The van der Waals surface area contributed by atoms with E-state index in [1.807, 2.05) is 0 Å². The van der Waals surface area contributed by atoms with Crippen LogP contribution in [0.2, 0.25) is 0 Å². The number of fused-ring (bicyclic) bond motifs is 2. The summed E-state index contributed by atoms with van der Waals surface area (Å²) in [6.07, 6.45) is 5.07. The first-order valence-electron chi connectivity index (χ1n) is 5.31. The zero-order valence-corrected chi connectivity index (χ0v) is 8.05. The Morgan fingerprint density at radius 1 is 1.25 bits per heavy atom. The van der Waals surface area contributed by atoms with E-state index >= 15 is 0 Å². The summed E-state index contributed by atoms with van der Waals surface area (Å²) in [6.45, 7) is 5.97. The van der Waals surface area contributed by atoms with Gasteiger partial charge in [0.05, 0.1) is 12.7 Å². The van der Waals surface area contributed by atoms with Crippen LogP contribution in [0.25, 0.3) is 0 Å². The van der Waals surface area contributed by atoms with Crippen molar-refractivity contribution < 1.29 is 4.74 Å². The topological polar surface area (TPSA) is 12.5 Å². The standard InChI is InChI=1S/C11H18O/c1-11(2)7-3-4-8(9(11)5-7)10-6-12-10/h7-10H,3-6H2,1-2H3/t7?,8?,9?,10-/m0/s1. The number of ether oxygens (including phenoxy) is 1. The van der Waals surface area contributed by atoms with Crippen LogP contribution in [0.3, 0.4) is 0 Å². The highest BCUT2D eigenvalue weighted by Crippen LogP contribution is 2.63. The van der Waals surface area contributed by atoms with Crippen molar-refractivity contribution >= 4 is 0 Å². The van der Waals surface area contributed by atoms with Crippen LogP contribution in [0.1, 0.15) is 33.1 Å². The predicted octanol–water partition coefficient (Wildman–Crippen LogP) is 2.46. The minimum Gasteiger partial charge on any atom is -0.373 e. The Bertz CT molecular complexity index is 201. The maximum atomic E-state index is 5.44. The van der Waals surface area contributed by atoms with Crippen molar-refractivity contribution in [1.29, 1.82) is 0 Å². The molecule has 0 aromatic rings. The van der Waals surface area contributed by atoms with E-state index in [-0.39, 0.29) is 0 Å². The normalized spacial score (nSPS) is 54.5. The van der Waals surface area contributed by atoms with Gasteiger partial charge in [-0.1, -0.05) is 13.8 Å². The highest BCUT2D eigenvalue weighted by Gasteiger charge is 2.57. The van der Waals surface area contributed by atoms with Gasteiger partial charge in [-0.3, -0.25) is 0 Å². The molecule has 0 N–H and O–H groups in total. The molecule has 12 heavy (non-hydrogen) atoms. The third-order valence-corrected chi connectivity index (χ3v) is 4.75. The van der Waals surface area contributed by atoms with Crippen LogP contribution in [0, 0.1) is 23.2 Å². The molecule has 1 heteroatoms. The Hall–Kier alpha value is -0.0400. The monoisotopic (exact) mass is 166 g/mol. The van der Waals surface area contributed by atoms with Crippen molar-refractivity contribution in [2.45, 2.75) is 39.2 Å². The molecule has 4 rings (SSSR count). The SMILES string of the molecule is CC1(C)C2CCC([C@@H]3CO3)C1C2. The lowest BCUT2D eigenvalue weighted by atomic mass is 9.45. The first-order chi connectivity index (χ1) is 5.69. The van der Waals surface area contributed by atoms with Crippen LogP contribution in [0.5, 0.6) is 0 Å². The fraction of sp³-hybridized carbons (Fsp3) is 1.00. The van der Waals surface area contributed by atoms with Crippen molar-refractivity contribution in [3.05, 3.63) is 0 Å². The zero-order valence-electron chi connectivity index (χ0n) is 8.05. The molecule has 0 amide bonds. The van der Waals surface area contributed by atoms with Crippen LogP contribution in [0.4, 0.5) is 0 Å². The van der Waals surface area contributed by atoms with Crippen molar-refractivity contribution in [1.82, 2.24) is 0 Å². The molecular formula is C11H18O. The molecule has 4 atom stereocenters. The minimum atomic E-state index is 0.648. The molecule has 0 aromatic carbocycles. The van der Waals surface area contributed by atoms with Gasteiger partial charge in [-0.05, 0) is 42.4 Å². The lowest BCUT2D eigenvalue weighted by Crippen LogP contribution is -2.53. The van der Waals surface area contributed by atoms with E-state index in [1.165, 1.54) is 19.3 Å². The number of hydrogen-bond acceptors (Lipinski definition) is 1. The van der Waals surface area contributed by atoms with E-state index in [0.717, 1.165) is 24.4 Å². The minimum absolute atomic E-state index is 0.648. The first kappa shape index (κ1) is 7.37. The third-order valence-electron chi connectivity index (χ3n) is 4.75. The molecule has 3 unspecified atom stereocenters. The Labute approximate surface area is 74.5 Å². The fourth-order valence-electron chi connectivity index (χ4n) is 3.62. The second-order valence-electron chi connectivity index (χ2n) is 5.47. The molecule has 1 aliphatic heterocycles. The lowest BCUT2D eigenvalue weighted by Gasteiger charge is -2.60. The van der Waals surface area contributed by atoms with E-state index in [9.17, 15) is 0 Å². The molecule has 3 aliphatic carbocycles. The molecule has 4 fully saturated rings. The van der Waals surface area contributed by atoms with Gasteiger partial charge in [-0.25, -0.2) is 0 Å². The summed E-state index contributed by atoms with van der Waals surface area (Å²) in [7, 11) is 0. The predicted molar refractivity (Wildman–Crippen MR) is 47.8 cm³/mol. The average Bonchev–Trinajstić information content (AvgIpc) is 2.86. The van der Waals surface area contributed by atoms with Gasteiger partial charge in [0.1, 0.15) is 0 Å². The second-order valence-corrected chi connectivity index (χ2v) is 5.47. The van der Waals surface area contributed by atoms with Crippen molar-refractivity contribution in [2.24, 2.45) is 23.2 Å². The van der Waals surface area contributed by atoms with Crippen LogP contribution < -0.4 is 0 Å². The van der Waals surface area contributed by atoms with E-state index in [1.54, 1.807) is 0 Å². The van der Waals surface area contributed by atoms with Crippen LogP contribution in [-0.2, 0) is 4.74 Å². The largest absolute Gasteiger partial charge is 0.373 e. The van der Waals surface area contributed by atoms with Crippen molar-refractivity contribution in [3.8, 4) is 0 Å². The van der Waals surface area contributed by atoms with Crippen molar-refractivity contribution in [3.63, 3.8) is 0 Å². The van der Waals surface area contributed by atoms with E-state index in [4.69, 9.17) is 4.74 Å². The molecule has 4 aliphatic rings. The summed E-state index contributed by atoms with van der Waals surface area (Å²) in [5.41, 5.74) is 0.648. The van der Waals surface area contributed by atoms with Gasteiger partial charge in [0.2, 0.25) is 0 Å². The third kappa shape index (κ3) is 0.783. The highest BCUT2D eigenvalue weighted by atomic mass is 16.6. The molecule has 68 valence electrons. The highest BCUT2D eigenvalue weighted by molar-refractivity contribution is 5.06. The maximum absolute atomic E-state index is 5.44. The fourth-order valence-corrected chi connectivity index (χ4v) is 3.62. The molecule has 0 radical (unpaired) electrons. The molecule has 0 spiro atoms. The molecule has 1 saturated heterocycles. The van der Waals surface area contributed by atoms with Gasteiger partial charge in [-0.15, -0.1) is 0 Å². The van der Waals surface area contributed by atoms with Gasteiger partial charge in [0, 0.05) is 0 Å². The zero-order chi connectivity index (χ0) is 8.34. The van der Waals surface area contributed by atoms with E-state index in [2.05, 4.69) is 13.8 Å². The molecular weight excluding hydrogens is 148 g/mol. The van der Waals surface area contributed by atoms with Gasteiger partial charge >= 0.3 is 0 Å². The molecule has 3 saturated carbocycles. The van der Waals surface area contributed by atoms with Crippen LogP contribution in [-0.4, -0.2) is 12.7 Å². The smallest absolute Gasteiger partial charge is 0.0840 e. The lowest BCUT2D eigenvalue weighted by molar-refractivity contribution is -0.111. The maximum Gasteiger partial charge on any atom is 0.0840 e. The Morgan fingerprint density at radius 2 is 2.00 bits per heavy atom. The summed E-state index contributed by atoms with van der Waals surface area (Å²) in [4.78, 5) is 0. The van der Waals surface area contributed by atoms with Gasteiger partial charge in [0.15, 0.2) is 0 Å². The summed E-state index contributed by atoms with van der Waals surface area (Å²) in [5.74, 6) is 2.95. The average molecular weight is 166 g/mol. The van der Waals surface area contributed by atoms with Gasteiger partial charge < -0.3 is 4.74 Å². The summed E-state index contributed by atoms with van der Waals surface area (Å²) >= 11 is 0. The summed E-state index contributed by atoms with van der Waals surface area (Å²) in [5, 5.41) is 0. The van der Waals surface area contributed by atoms with Crippen LogP contribution in [0.15, 0.2) is 0 Å². The number of epoxide rings is 1. The molecule has 0 aromatic heterocycles. The molecule has 1 nitrogen and oxygen atoms in total. The van der Waals surface area contributed by atoms with Gasteiger partial charge in [0.25, 0.3) is 0 Å². The van der Waals surface area contributed by atoms with Crippen LogP contribution >= 0.6 is 0 Å². The summed E-state index contributed by atoms with van der Waals surface area (Å²) < 4.78 is 5.44. The first-order valence-corrected chi connectivity index (χ1v) is 5.31. The second kappa shape index (κ2) is 2.06. The Kier molecular flexibility index (Phi) is 1.27. The van der Waals surface area contributed by atoms with Crippen molar-refractivity contribution in [2.75, 3.05) is 6.61 Å². The summed E-state index contributed by atoms with van der Waals surface area (Å²) in [6, 6.07) is 0. The molecule has 2 bridgehead atoms. The molecule has 1 heterocycles. The number of rotatable bonds is 1.